The van der Waals surface area contributed by atoms with Crippen LogP contribution in [0.15, 0.2) is 48.8 Å². The first-order chi connectivity index (χ1) is 18.8. The highest BCUT2D eigenvalue weighted by molar-refractivity contribution is 7.18. The number of aromatic nitrogens is 4. The Bertz CT molecular complexity index is 1500. The molecule has 0 saturated carbocycles. The third-order valence-electron chi connectivity index (χ3n) is 5.20. The summed E-state index contributed by atoms with van der Waals surface area (Å²) < 4.78 is 16.4. The molecule has 4 rings (SSSR count). The van der Waals surface area contributed by atoms with E-state index < -0.39 is 29.5 Å². The second-order valence-electron chi connectivity index (χ2n) is 10.8. The number of anilines is 1. The molecular formula is C28H31N5O6S. The molecule has 12 heteroatoms. The lowest BCUT2D eigenvalue weighted by Crippen LogP contribution is -2.44. The first-order valence-corrected chi connectivity index (χ1v) is 13.2. The first-order valence-electron chi connectivity index (χ1n) is 12.4. The average Bonchev–Trinajstić information content (AvgIpc) is 3.31. The molecule has 1 unspecified atom stereocenters. The van der Waals surface area contributed by atoms with Crippen molar-refractivity contribution in [1.82, 2.24) is 19.9 Å². The molecule has 0 aliphatic carbocycles. The molecule has 0 bridgehead atoms. The number of pyridine rings is 2. The number of methoxy groups -OCH3 is 1. The van der Waals surface area contributed by atoms with E-state index in [1.54, 1.807) is 84.1 Å². The average molecular weight is 566 g/mol. The molecule has 1 atom stereocenters. The van der Waals surface area contributed by atoms with Crippen molar-refractivity contribution >= 4 is 39.6 Å². The monoisotopic (exact) mass is 565 g/mol. The van der Waals surface area contributed by atoms with E-state index in [0.717, 1.165) is 4.90 Å². The van der Waals surface area contributed by atoms with Crippen molar-refractivity contribution in [3.05, 3.63) is 59.4 Å². The summed E-state index contributed by atoms with van der Waals surface area (Å²) in [7, 11) is 1.49. The standard InChI is InChI=1S/C28H31N5O6S/c1-27(2,3)38-25(35)33(26(36)39-28(4,5)6)23-17-15-19(21(34)18-10-8-9-12-29-18)40-24(17)32-22(31-23)16-11-13-30-20(14-16)37-7/h8-15,21,34H,1-7H3. The maximum Gasteiger partial charge on any atom is 0.425 e. The molecule has 0 aromatic carbocycles. The number of carbonyl (C=O) groups is 2. The Labute approximate surface area is 235 Å². The molecule has 4 aromatic heterocycles. The third kappa shape index (κ3) is 6.69. The van der Waals surface area contributed by atoms with E-state index in [1.807, 2.05) is 0 Å². The number of thiophene rings is 1. The summed E-state index contributed by atoms with van der Waals surface area (Å²) in [5.41, 5.74) is -0.873. The molecular weight excluding hydrogens is 534 g/mol. The molecule has 4 heterocycles. The van der Waals surface area contributed by atoms with Gasteiger partial charge in [-0.15, -0.1) is 11.3 Å². The smallest absolute Gasteiger partial charge is 0.425 e. The predicted octanol–water partition coefficient (Wildman–Crippen LogP) is 5.92. The lowest BCUT2D eigenvalue weighted by molar-refractivity contribution is 0.0429. The Morgan fingerprint density at radius 3 is 2.17 bits per heavy atom. The molecule has 2 amide bonds. The molecule has 11 nitrogen and oxygen atoms in total. The molecule has 0 aliphatic rings. The van der Waals surface area contributed by atoms with Gasteiger partial charge < -0.3 is 19.3 Å². The topological polar surface area (TPSA) is 137 Å². The zero-order chi connectivity index (χ0) is 29.2. The van der Waals surface area contributed by atoms with Crippen LogP contribution in [0.4, 0.5) is 15.4 Å². The van der Waals surface area contributed by atoms with Gasteiger partial charge in [-0.25, -0.2) is 24.5 Å². The van der Waals surface area contributed by atoms with Gasteiger partial charge in [0.2, 0.25) is 5.88 Å². The number of imide groups is 1. The highest BCUT2D eigenvalue weighted by Gasteiger charge is 2.36. The van der Waals surface area contributed by atoms with Crippen LogP contribution in [-0.2, 0) is 9.47 Å². The molecule has 0 saturated heterocycles. The maximum absolute atomic E-state index is 13.5. The van der Waals surface area contributed by atoms with Gasteiger partial charge in [0, 0.05) is 28.9 Å². The minimum Gasteiger partial charge on any atom is -0.481 e. The number of aliphatic hydroxyl groups is 1. The number of hydrogen-bond donors (Lipinski definition) is 1. The van der Waals surface area contributed by atoms with Gasteiger partial charge >= 0.3 is 12.2 Å². The van der Waals surface area contributed by atoms with Crippen molar-refractivity contribution < 1.29 is 28.9 Å². The van der Waals surface area contributed by atoms with Crippen molar-refractivity contribution in [1.29, 1.82) is 0 Å². The van der Waals surface area contributed by atoms with E-state index in [-0.39, 0.29) is 11.6 Å². The second-order valence-corrected chi connectivity index (χ2v) is 11.8. The molecule has 0 fully saturated rings. The van der Waals surface area contributed by atoms with E-state index in [2.05, 4.69) is 15.0 Å². The number of carbonyl (C=O) groups excluding carboxylic acids is 2. The molecule has 210 valence electrons. The van der Waals surface area contributed by atoms with Crippen molar-refractivity contribution in [2.75, 3.05) is 12.0 Å². The van der Waals surface area contributed by atoms with Gasteiger partial charge in [-0.3, -0.25) is 4.98 Å². The summed E-state index contributed by atoms with van der Waals surface area (Å²) in [6.07, 6.45) is 0.0926. The number of fused-ring (bicyclic) bond motifs is 1. The number of aliphatic hydroxyl groups excluding tert-OH is 1. The Hall–Kier alpha value is -4.16. The highest BCUT2D eigenvalue weighted by Crippen LogP contribution is 2.38. The molecule has 1 N–H and O–H groups in total. The van der Waals surface area contributed by atoms with Gasteiger partial charge in [-0.1, -0.05) is 6.07 Å². The molecule has 40 heavy (non-hydrogen) atoms. The number of nitrogens with zero attached hydrogens (tertiary/aromatic N) is 5. The van der Waals surface area contributed by atoms with Gasteiger partial charge in [0.15, 0.2) is 11.6 Å². The summed E-state index contributed by atoms with van der Waals surface area (Å²) in [5, 5.41) is 11.4. The van der Waals surface area contributed by atoms with E-state index in [0.29, 0.717) is 32.2 Å². The Kier molecular flexibility index (Phi) is 8.03. The van der Waals surface area contributed by atoms with Gasteiger partial charge in [-0.05, 0) is 65.8 Å². The van der Waals surface area contributed by atoms with Crippen LogP contribution in [0, 0.1) is 0 Å². The van der Waals surface area contributed by atoms with Gasteiger partial charge in [0.05, 0.1) is 18.2 Å². The second kappa shape index (κ2) is 11.1. The van der Waals surface area contributed by atoms with Crippen molar-refractivity contribution in [3.63, 3.8) is 0 Å². The zero-order valence-electron chi connectivity index (χ0n) is 23.3. The molecule has 0 radical (unpaired) electrons. The van der Waals surface area contributed by atoms with E-state index in [9.17, 15) is 14.7 Å². The van der Waals surface area contributed by atoms with E-state index >= 15 is 0 Å². The first kappa shape index (κ1) is 28.8. The maximum atomic E-state index is 13.5. The van der Waals surface area contributed by atoms with Crippen molar-refractivity contribution in [2.45, 2.75) is 58.8 Å². The molecule has 0 spiro atoms. The third-order valence-corrected chi connectivity index (χ3v) is 6.28. The Morgan fingerprint density at radius 2 is 1.60 bits per heavy atom. The fourth-order valence-electron chi connectivity index (χ4n) is 3.57. The minimum absolute atomic E-state index is 0.0602. The van der Waals surface area contributed by atoms with Crippen molar-refractivity contribution in [3.8, 4) is 17.3 Å². The van der Waals surface area contributed by atoms with Crippen LogP contribution in [0.25, 0.3) is 21.6 Å². The number of amides is 2. The number of hydrogen-bond acceptors (Lipinski definition) is 11. The van der Waals surface area contributed by atoms with Crippen LogP contribution in [0.5, 0.6) is 5.88 Å². The number of ether oxygens (including phenoxy) is 3. The molecule has 0 aliphatic heterocycles. The fourth-order valence-corrected chi connectivity index (χ4v) is 4.59. The lowest BCUT2D eigenvalue weighted by Gasteiger charge is -2.28. The van der Waals surface area contributed by atoms with Gasteiger partial charge in [0.1, 0.15) is 22.1 Å². The summed E-state index contributed by atoms with van der Waals surface area (Å²) in [6.45, 7) is 10.1. The quantitative estimate of drug-likeness (QED) is 0.311. The Morgan fingerprint density at radius 1 is 0.925 bits per heavy atom. The van der Waals surface area contributed by atoms with Gasteiger partial charge in [-0.2, -0.15) is 4.90 Å². The summed E-state index contributed by atoms with van der Waals surface area (Å²) in [4.78, 5) is 46.3. The number of rotatable bonds is 5. The summed E-state index contributed by atoms with van der Waals surface area (Å²) in [5.74, 6) is 0.465. The van der Waals surface area contributed by atoms with Crippen LogP contribution in [0.2, 0.25) is 0 Å². The lowest BCUT2D eigenvalue weighted by atomic mass is 10.2. The van der Waals surface area contributed by atoms with Gasteiger partial charge in [0.25, 0.3) is 0 Å². The fraction of sp³-hybridized carbons (Fsp3) is 0.357. The van der Waals surface area contributed by atoms with E-state index in [4.69, 9.17) is 19.2 Å². The molecule has 4 aromatic rings. The normalized spacial score (nSPS) is 12.6. The van der Waals surface area contributed by atoms with Crippen LogP contribution < -0.4 is 9.64 Å². The summed E-state index contributed by atoms with van der Waals surface area (Å²) in [6, 6.07) is 10.2. The van der Waals surface area contributed by atoms with Crippen LogP contribution in [0.1, 0.15) is 58.2 Å². The van der Waals surface area contributed by atoms with Crippen LogP contribution in [-0.4, -0.2) is 55.5 Å². The minimum atomic E-state index is -1.07. The van der Waals surface area contributed by atoms with Crippen molar-refractivity contribution in [2.24, 2.45) is 0 Å². The predicted molar refractivity (Wildman–Crippen MR) is 150 cm³/mol. The van der Waals surface area contributed by atoms with E-state index in [1.165, 1.54) is 24.6 Å². The highest BCUT2D eigenvalue weighted by atomic mass is 32.1. The van der Waals surface area contributed by atoms with Crippen LogP contribution in [0.3, 0.4) is 0 Å². The Balaban J connectivity index is 1.96. The zero-order valence-corrected chi connectivity index (χ0v) is 24.1. The van der Waals surface area contributed by atoms with Crippen LogP contribution >= 0.6 is 11.3 Å². The summed E-state index contributed by atoms with van der Waals surface area (Å²) >= 11 is 1.18. The largest absolute Gasteiger partial charge is 0.481 e. The SMILES string of the molecule is COc1cc(-c2nc(N(C(=O)OC(C)(C)C)C(=O)OC(C)(C)C)c3cc(C(O)c4ccccn4)sc3n2)ccn1.